The number of nitrogens with zero attached hydrogens (tertiary/aromatic N) is 1. The predicted molar refractivity (Wildman–Crippen MR) is 85.8 cm³/mol. The lowest BCUT2D eigenvalue weighted by Crippen LogP contribution is -2.46. The summed E-state index contributed by atoms with van der Waals surface area (Å²) >= 11 is 0. The Bertz CT molecular complexity index is 642. The van der Waals surface area contributed by atoms with Crippen molar-refractivity contribution in [2.45, 2.75) is 43.9 Å². The maximum atomic E-state index is 12.5. The summed E-state index contributed by atoms with van der Waals surface area (Å²) in [5.74, 6) is -0.381. The summed E-state index contributed by atoms with van der Waals surface area (Å²) in [6.07, 6.45) is -0.831. The number of benzene rings is 1. The molecule has 2 N–H and O–H groups in total. The quantitative estimate of drug-likeness (QED) is 0.853. The van der Waals surface area contributed by atoms with Crippen molar-refractivity contribution in [3.8, 4) is 0 Å². The molecule has 0 aromatic heterocycles. The molecule has 1 saturated carbocycles. The van der Waals surface area contributed by atoms with Crippen LogP contribution in [0.3, 0.4) is 0 Å². The Kier molecular flexibility index (Phi) is 4.99. The van der Waals surface area contributed by atoms with E-state index in [0.29, 0.717) is 18.7 Å². The molecule has 1 aromatic rings. The molecule has 1 aromatic carbocycles. The first-order chi connectivity index (χ1) is 11.8. The second-order valence-electron chi connectivity index (χ2n) is 6.53. The number of halogens is 3. The van der Waals surface area contributed by atoms with Crippen LogP contribution in [-0.2, 0) is 15.8 Å². The molecule has 1 unspecified atom stereocenters. The Labute approximate surface area is 143 Å². The normalized spacial score (nSPS) is 21.2. The average Bonchev–Trinajstić information content (AvgIpc) is 3.22. The van der Waals surface area contributed by atoms with E-state index in [-0.39, 0.29) is 30.4 Å². The highest BCUT2D eigenvalue weighted by molar-refractivity contribution is 5.93. The Morgan fingerprint density at radius 3 is 2.40 bits per heavy atom. The fraction of sp³-hybridized carbons (Fsp3) is 0.529. The minimum Gasteiger partial charge on any atom is -0.352 e. The van der Waals surface area contributed by atoms with Gasteiger partial charge in [-0.1, -0.05) is 0 Å². The standard InChI is InChI=1S/C17H20F3N3O2/c18-17(19,20)11-3-5-12(6-4-11)21-15(24)10-23-9-1-2-14(23)16(25)22-13-7-8-13/h3-6,13-14H,1-2,7-10H2,(H,21,24)(H,22,25). The topological polar surface area (TPSA) is 61.4 Å². The van der Waals surface area contributed by atoms with Crippen LogP contribution in [0.2, 0.25) is 0 Å². The van der Waals surface area contributed by atoms with Crippen molar-refractivity contribution in [3.05, 3.63) is 29.8 Å². The smallest absolute Gasteiger partial charge is 0.352 e. The summed E-state index contributed by atoms with van der Waals surface area (Å²) in [5.41, 5.74) is -0.460. The van der Waals surface area contributed by atoms with Crippen LogP contribution >= 0.6 is 0 Å². The molecular formula is C17H20F3N3O2. The van der Waals surface area contributed by atoms with Gasteiger partial charge in [0.15, 0.2) is 0 Å². The molecule has 3 rings (SSSR count). The lowest BCUT2D eigenvalue weighted by molar-refractivity contribution is -0.137. The van der Waals surface area contributed by atoms with Gasteiger partial charge >= 0.3 is 6.18 Å². The maximum Gasteiger partial charge on any atom is 0.416 e. The van der Waals surface area contributed by atoms with Gasteiger partial charge in [-0.25, -0.2) is 0 Å². The Balaban J connectivity index is 1.53. The van der Waals surface area contributed by atoms with Crippen LogP contribution in [0.5, 0.6) is 0 Å². The van der Waals surface area contributed by atoms with Crippen LogP contribution in [-0.4, -0.2) is 41.9 Å². The van der Waals surface area contributed by atoms with Crippen molar-refractivity contribution in [2.75, 3.05) is 18.4 Å². The van der Waals surface area contributed by atoms with Gasteiger partial charge in [0.2, 0.25) is 11.8 Å². The van der Waals surface area contributed by atoms with Crippen molar-refractivity contribution < 1.29 is 22.8 Å². The minimum absolute atomic E-state index is 0.0395. The summed E-state index contributed by atoms with van der Waals surface area (Å²) in [6, 6.07) is 4.27. The van der Waals surface area contributed by atoms with Gasteiger partial charge in [0.05, 0.1) is 18.2 Å². The second-order valence-corrected chi connectivity index (χ2v) is 6.53. The van der Waals surface area contributed by atoms with Crippen LogP contribution in [0.15, 0.2) is 24.3 Å². The first-order valence-corrected chi connectivity index (χ1v) is 8.34. The lowest BCUT2D eigenvalue weighted by Gasteiger charge is -2.23. The first kappa shape index (κ1) is 17.7. The number of rotatable bonds is 5. The summed E-state index contributed by atoms with van der Waals surface area (Å²) in [4.78, 5) is 26.1. The molecule has 0 spiro atoms. The van der Waals surface area contributed by atoms with Gasteiger partial charge < -0.3 is 10.6 Å². The SMILES string of the molecule is O=C(CN1CCCC1C(=O)NC1CC1)Nc1ccc(C(F)(F)F)cc1. The van der Waals surface area contributed by atoms with E-state index in [9.17, 15) is 22.8 Å². The number of hydrogen-bond acceptors (Lipinski definition) is 3. The monoisotopic (exact) mass is 355 g/mol. The van der Waals surface area contributed by atoms with E-state index in [1.54, 1.807) is 0 Å². The van der Waals surface area contributed by atoms with Crippen LogP contribution in [0.25, 0.3) is 0 Å². The number of nitrogens with one attached hydrogen (secondary N) is 2. The Hall–Kier alpha value is -2.09. The largest absolute Gasteiger partial charge is 0.416 e. The predicted octanol–water partition coefficient (Wildman–Crippen LogP) is 2.39. The van der Waals surface area contributed by atoms with Gasteiger partial charge in [-0.3, -0.25) is 14.5 Å². The molecule has 2 fully saturated rings. The molecule has 136 valence electrons. The van der Waals surface area contributed by atoms with Gasteiger partial charge in [0, 0.05) is 11.7 Å². The molecule has 1 aliphatic heterocycles. The number of carbonyl (C=O) groups is 2. The van der Waals surface area contributed by atoms with Crippen molar-refractivity contribution in [1.82, 2.24) is 10.2 Å². The van der Waals surface area contributed by atoms with Gasteiger partial charge in [0.1, 0.15) is 0 Å². The molecule has 0 radical (unpaired) electrons. The lowest BCUT2D eigenvalue weighted by atomic mass is 10.2. The van der Waals surface area contributed by atoms with E-state index in [1.165, 1.54) is 12.1 Å². The third-order valence-corrected chi connectivity index (χ3v) is 4.43. The molecule has 1 atom stereocenters. The fourth-order valence-electron chi connectivity index (χ4n) is 2.96. The van der Waals surface area contributed by atoms with Crippen LogP contribution in [0, 0.1) is 0 Å². The molecule has 2 amide bonds. The average molecular weight is 355 g/mol. The van der Waals surface area contributed by atoms with Gasteiger partial charge in [-0.05, 0) is 56.5 Å². The Morgan fingerprint density at radius 2 is 1.80 bits per heavy atom. The van der Waals surface area contributed by atoms with E-state index >= 15 is 0 Å². The number of anilines is 1. The number of likely N-dealkylation sites (tertiary alicyclic amines) is 1. The second kappa shape index (κ2) is 7.03. The molecule has 1 aliphatic carbocycles. The highest BCUT2D eigenvalue weighted by Gasteiger charge is 2.35. The van der Waals surface area contributed by atoms with Gasteiger partial charge in [0.25, 0.3) is 0 Å². The molecule has 8 heteroatoms. The fourth-order valence-corrected chi connectivity index (χ4v) is 2.96. The molecule has 0 bridgehead atoms. The van der Waals surface area contributed by atoms with Crippen molar-refractivity contribution in [1.29, 1.82) is 0 Å². The molecule has 1 heterocycles. The zero-order chi connectivity index (χ0) is 18.0. The molecule has 25 heavy (non-hydrogen) atoms. The summed E-state index contributed by atoms with van der Waals surface area (Å²) in [5, 5.41) is 5.53. The third-order valence-electron chi connectivity index (χ3n) is 4.43. The zero-order valence-electron chi connectivity index (χ0n) is 13.6. The molecule has 2 aliphatic rings. The van der Waals surface area contributed by atoms with E-state index in [4.69, 9.17) is 0 Å². The van der Waals surface area contributed by atoms with Gasteiger partial charge in [-0.15, -0.1) is 0 Å². The molecule has 1 saturated heterocycles. The summed E-state index contributed by atoms with van der Waals surface area (Å²) in [6.45, 7) is 0.701. The zero-order valence-corrected chi connectivity index (χ0v) is 13.6. The first-order valence-electron chi connectivity index (χ1n) is 8.34. The van der Waals surface area contributed by atoms with E-state index in [2.05, 4.69) is 10.6 Å². The number of alkyl halides is 3. The van der Waals surface area contributed by atoms with Crippen molar-refractivity contribution >= 4 is 17.5 Å². The van der Waals surface area contributed by atoms with Crippen LogP contribution < -0.4 is 10.6 Å². The minimum atomic E-state index is -4.40. The van der Waals surface area contributed by atoms with E-state index in [1.807, 2.05) is 4.90 Å². The third kappa shape index (κ3) is 4.72. The molecular weight excluding hydrogens is 335 g/mol. The van der Waals surface area contributed by atoms with Crippen LogP contribution in [0.4, 0.5) is 18.9 Å². The summed E-state index contributed by atoms with van der Waals surface area (Å²) < 4.78 is 37.6. The Morgan fingerprint density at radius 1 is 1.12 bits per heavy atom. The van der Waals surface area contributed by atoms with Gasteiger partial charge in [-0.2, -0.15) is 13.2 Å². The van der Waals surface area contributed by atoms with Crippen molar-refractivity contribution in [2.24, 2.45) is 0 Å². The summed E-state index contributed by atoms with van der Waals surface area (Å²) in [7, 11) is 0. The molecule has 5 nitrogen and oxygen atoms in total. The maximum absolute atomic E-state index is 12.5. The van der Waals surface area contributed by atoms with Crippen LogP contribution in [0.1, 0.15) is 31.2 Å². The number of amides is 2. The van der Waals surface area contributed by atoms with E-state index in [0.717, 1.165) is 31.4 Å². The highest BCUT2D eigenvalue weighted by Crippen LogP contribution is 2.29. The number of hydrogen-bond donors (Lipinski definition) is 2. The van der Waals surface area contributed by atoms with Crippen molar-refractivity contribution in [3.63, 3.8) is 0 Å². The number of carbonyl (C=O) groups excluding carboxylic acids is 2. The van der Waals surface area contributed by atoms with E-state index < -0.39 is 11.7 Å². The highest BCUT2D eigenvalue weighted by atomic mass is 19.4.